The molecule has 0 N–H and O–H groups in total. The van der Waals surface area contributed by atoms with Crippen molar-refractivity contribution in [1.82, 2.24) is 0 Å². The van der Waals surface area contributed by atoms with Crippen LogP contribution in [-0.4, -0.2) is 30.7 Å². The van der Waals surface area contributed by atoms with E-state index in [9.17, 15) is 4.79 Å². The maximum Gasteiger partial charge on any atom is 0.333 e. The molecule has 5 heteroatoms. The van der Waals surface area contributed by atoms with Crippen molar-refractivity contribution in [2.24, 2.45) is 0 Å². The Morgan fingerprint density at radius 2 is 2.00 bits per heavy atom. The van der Waals surface area contributed by atoms with E-state index < -0.39 is 8.32 Å². The number of esters is 1. The molecule has 15 heavy (non-hydrogen) atoms. The van der Waals surface area contributed by atoms with E-state index in [0.29, 0.717) is 21.9 Å². The maximum absolute atomic E-state index is 11.0. The Hall–Kier alpha value is -0.396. The third-order valence-electron chi connectivity index (χ3n) is 1.38. The van der Waals surface area contributed by atoms with Crippen molar-refractivity contribution in [1.29, 1.82) is 0 Å². The Balaban J connectivity index is 3.33. The molecule has 0 atom stereocenters. The molecule has 86 valence electrons. The van der Waals surface area contributed by atoms with E-state index in [1.807, 2.05) is 0 Å². The summed E-state index contributed by atoms with van der Waals surface area (Å²) in [5.41, 5.74) is 0.454. The van der Waals surface area contributed by atoms with Crippen LogP contribution in [0.4, 0.5) is 0 Å². The highest BCUT2D eigenvalue weighted by Crippen LogP contribution is 2.03. The van der Waals surface area contributed by atoms with Gasteiger partial charge in [-0.1, -0.05) is 6.58 Å². The summed E-state index contributed by atoms with van der Waals surface area (Å²) in [4.78, 5) is 11.0. The van der Waals surface area contributed by atoms with Crippen molar-refractivity contribution in [2.75, 3.05) is 6.61 Å². The number of hydrogen-bond donors (Lipinski definition) is 0. The minimum absolute atomic E-state index is 0.301. The molecule has 0 amide bonds. The van der Waals surface area contributed by atoms with Crippen molar-refractivity contribution in [3.05, 3.63) is 12.2 Å². The first kappa shape index (κ1) is 14.6. The second kappa shape index (κ2) is 6.97. The summed E-state index contributed by atoms with van der Waals surface area (Å²) in [5.74, 6) is -0.301. The van der Waals surface area contributed by atoms with Crippen molar-refractivity contribution in [2.45, 2.75) is 39.0 Å². The SMILES string of the molecule is C=C(C)C(=O)OCCC[Si]O[Si](C)(C)C. The van der Waals surface area contributed by atoms with Gasteiger partial charge in [0.25, 0.3) is 0 Å². The molecule has 3 nitrogen and oxygen atoms in total. The van der Waals surface area contributed by atoms with Gasteiger partial charge in [0.15, 0.2) is 8.32 Å². The molecule has 0 aliphatic heterocycles. The Morgan fingerprint density at radius 3 is 2.47 bits per heavy atom. The molecule has 0 unspecified atom stereocenters. The average molecular weight is 244 g/mol. The van der Waals surface area contributed by atoms with E-state index in [1.165, 1.54) is 0 Å². The molecule has 0 heterocycles. The van der Waals surface area contributed by atoms with Gasteiger partial charge in [0.1, 0.15) is 0 Å². The molecule has 0 fully saturated rings. The summed E-state index contributed by atoms with van der Waals surface area (Å²) < 4.78 is 10.6. The molecule has 0 aromatic rings. The smallest absolute Gasteiger partial charge is 0.333 e. The second-order valence-corrected chi connectivity index (χ2v) is 10.2. The van der Waals surface area contributed by atoms with E-state index in [-0.39, 0.29) is 5.97 Å². The van der Waals surface area contributed by atoms with Crippen LogP contribution in [0.25, 0.3) is 0 Å². The third-order valence-corrected chi connectivity index (χ3v) is 4.97. The molecule has 0 aromatic carbocycles. The van der Waals surface area contributed by atoms with E-state index >= 15 is 0 Å². The van der Waals surface area contributed by atoms with Crippen LogP contribution in [0.1, 0.15) is 13.3 Å². The normalized spacial score (nSPS) is 11.2. The van der Waals surface area contributed by atoms with Crippen LogP contribution in [0.5, 0.6) is 0 Å². The van der Waals surface area contributed by atoms with Crippen LogP contribution < -0.4 is 0 Å². The van der Waals surface area contributed by atoms with Gasteiger partial charge in [0.05, 0.1) is 6.61 Å². The number of hydrogen-bond acceptors (Lipinski definition) is 3. The van der Waals surface area contributed by atoms with E-state index in [1.54, 1.807) is 6.92 Å². The Morgan fingerprint density at radius 1 is 1.40 bits per heavy atom. The van der Waals surface area contributed by atoms with E-state index in [4.69, 9.17) is 8.85 Å². The fourth-order valence-corrected chi connectivity index (χ4v) is 3.13. The first-order valence-corrected chi connectivity index (χ1v) is 9.59. The van der Waals surface area contributed by atoms with Crippen LogP contribution >= 0.6 is 0 Å². The predicted molar refractivity (Wildman–Crippen MR) is 65.4 cm³/mol. The van der Waals surface area contributed by atoms with Crippen molar-refractivity contribution in [3.63, 3.8) is 0 Å². The van der Waals surface area contributed by atoms with Crippen molar-refractivity contribution >= 4 is 24.0 Å². The summed E-state index contributed by atoms with van der Waals surface area (Å²) in [6.45, 7) is 12.1. The maximum atomic E-state index is 11.0. The summed E-state index contributed by atoms with van der Waals surface area (Å²) in [7, 11) is -0.837. The topological polar surface area (TPSA) is 35.5 Å². The standard InChI is InChI=1S/C10H20O3Si2/c1-9(2)10(11)12-7-6-8-14-13-15(3,4)5/h1,6-8H2,2-5H3. The van der Waals surface area contributed by atoms with Gasteiger partial charge in [-0.3, -0.25) is 0 Å². The summed E-state index contributed by atoms with van der Waals surface area (Å²) in [6, 6.07) is 0.966. The lowest BCUT2D eigenvalue weighted by atomic mass is 10.4. The van der Waals surface area contributed by atoms with Gasteiger partial charge in [-0.15, -0.1) is 0 Å². The van der Waals surface area contributed by atoms with Crippen molar-refractivity contribution < 1.29 is 13.6 Å². The van der Waals surface area contributed by atoms with Gasteiger partial charge in [-0.05, 0) is 39.0 Å². The van der Waals surface area contributed by atoms with Crippen LogP contribution in [0.2, 0.25) is 25.7 Å². The first-order valence-electron chi connectivity index (χ1n) is 5.06. The fraction of sp³-hybridized carbons (Fsp3) is 0.700. The van der Waals surface area contributed by atoms with Gasteiger partial charge in [0, 0.05) is 5.57 Å². The molecule has 0 spiro atoms. The van der Waals surface area contributed by atoms with E-state index in [2.05, 4.69) is 26.2 Å². The molecule has 0 rings (SSSR count). The lowest BCUT2D eigenvalue weighted by Gasteiger charge is -2.16. The monoisotopic (exact) mass is 244 g/mol. The third kappa shape index (κ3) is 9.90. The molecule has 0 aliphatic rings. The molecule has 0 saturated heterocycles. The van der Waals surface area contributed by atoms with Crippen LogP contribution in [0.15, 0.2) is 12.2 Å². The highest BCUT2D eigenvalue weighted by atomic mass is 28.4. The van der Waals surface area contributed by atoms with Crippen LogP contribution in [0, 0.1) is 0 Å². The Kier molecular flexibility index (Phi) is 6.79. The molecule has 0 aliphatic carbocycles. The van der Waals surface area contributed by atoms with Gasteiger partial charge in [-0.2, -0.15) is 0 Å². The Labute approximate surface area is 95.9 Å². The molecular weight excluding hydrogens is 224 g/mol. The van der Waals surface area contributed by atoms with Gasteiger partial charge in [0.2, 0.25) is 9.76 Å². The second-order valence-electron chi connectivity index (χ2n) is 4.38. The zero-order chi connectivity index (χ0) is 11.9. The van der Waals surface area contributed by atoms with E-state index in [0.717, 1.165) is 12.5 Å². The summed E-state index contributed by atoms with van der Waals surface area (Å²) in [6.07, 6.45) is 0.863. The van der Waals surface area contributed by atoms with Gasteiger partial charge in [-0.25, -0.2) is 4.79 Å². The highest BCUT2D eigenvalue weighted by Gasteiger charge is 2.13. The molecular formula is C10H20O3Si2. The average Bonchev–Trinajstić information content (AvgIpc) is 2.08. The Bertz CT molecular complexity index is 221. The van der Waals surface area contributed by atoms with Crippen LogP contribution in [-0.2, 0) is 13.6 Å². The zero-order valence-electron chi connectivity index (χ0n) is 10.1. The number of carbonyl (C=O) groups is 1. The van der Waals surface area contributed by atoms with Gasteiger partial charge < -0.3 is 8.85 Å². The molecule has 0 bridgehead atoms. The lowest BCUT2D eigenvalue weighted by molar-refractivity contribution is -0.138. The zero-order valence-corrected chi connectivity index (χ0v) is 12.1. The lowest BCUT2D eigenvalue weighted by Crippen LogP contribution is -2.27. The fourth-order valence-electron chi connectivity index (χ4n) is 0.700. The largest absolute Gasteiger partial charge is 0.462 e. The summed E-state index contributed by atoms with van der Waals surface area (Å²) >= 11 is 0. The molecule has 0 aromatic heterocycles. The minimum atomic E-state index is -1.37. The van der Waals surface area contributed by atoms with Crippen molar-refractivity contribution in [3.8, 4) is 0 Å². The van der Waals surface area contributed by atoms with Crippen LogP contribution in [0.3, 0.4) is 0 Å². The minimum Gasteiger partial charge on any atom is -0.462 e. The number of rotatable bonds is 7. The highest BCUT2D eigenvalue weighted by molar-refractivity contribution is 6.73. The quantitative estimate of drug-likeness (QED) is 0.298. The molecule has 2 radical (unpaired) electrons. The predicted octanol–water partition coefficient (Wildman–Crippen LogP) is 2.38. The number of carbonyl (C=O) groups excluding carboxylic acids is 1. The summed E-state index contributed by atoms with van der Waals surface area (Å²) in [5, 5.41) is 0. The molecule has 0 saturated carbocycles. The number of ether oxygens (including phenoxy) is 1. The van der Waals surface area contributed by atoms with Gasteiger partial charge >= 0.3 is 5.97 Å². The first-order chi connectivity index (χ1) is 6.83.